The van der Waals surface area contributed by atoms with Crippen molar-refractivity contribution in [1.82, 2.24) is 5.32 Å². The Labute approximate surface area is 173 Å². The normalized spacial score (nSPS) is 13.6. The Morgan fingerprint density at radius 2 is 1.62 bits per heavy atom. The molecule has 2 atom stereocenters. The number of aliphatic imine (C=N–C) groups is 1. The van der Waals surface area contributed by atoms with Crippen LogP contribution in [-0.2, 0) is 16.0 Å². The number of carbonyl (C=O) groups is 2. The number of ketones is 1. The molecule has 2 rings (SSSR count). The van der Waals surface area contributed by atoms with Gasteiger partial charge in [-0.15, -0.1) is 0 Å². The Bertz CT molecular complexity index is 825. The predicted octanol–water partition coefficient (Wildman–Crippen LogP) is 3.76. The van der Waals surface area contributed by atoms with Crippen LogP contribution in [0.3, 0.4) is 0 Å². The van der Waals surface area contributed by atoms with Gasteiger partial charge in [-0.25, -0.2) is 0 Å². The molecule has 0 aliphatic rings. The summed E-state index contributed by atoms with van der Waals surface area (Å²) in [5, 5.41) is 2.89. The minimum Gasteiger partial charge on any atom is -0.388 e. The molecule has 5 heteroatoms. The van der Waals surface area contributed by atoms with Crippen molar-refractivity contribution >= 4 is 17.5 Å². The molecule has 0 saturated carbocycles. The lowest BCUT2D eigenvalue weighted by atomic mass is 9.97. The molecule has 0 saturated heterocycles. The first-order valence-electron chi connectivity index (χ1n) is 10.1. The molecule has 2 unspecified atom stereocenters. The molecule has 2 aromatic carbocycles. The van der Waals surface area contributed by atoms with Gasteiger partial charge >= 0.3 is 0 Å². The van der Waals surface area contributed by atoms with Crippen molar-refractivity contribution in [2.75, 3.05) is 6.54 Å². The van der Waals surface area contributed by atoms with Crippen LogP contribution in [0.15, 0.2) is 59.6 Å². The van der Waals surface area contributed by atoms with E-state index in [2.05, 4.69) is 46.7 Å². The second kappa shape index (κ2) is 11.1. The molecule has 0 bridgehead atoms. The monoisotopic (exact) mass is 393 g/mol. The molecule has 0 heterocycles. The zero-order chi connectivity index (χ0) is 21.2. The highest BCUT2D eigenvalue weighted by atomic mass is 16.2. The highest BCUT2D eigenvalue weighted by Gasteiger charge is 2.20. The second-order valence-corrected chi connectivity index (χ2v) is 7.51. The van der Waals surface area contributed by atoms with E-state index in [1.165, 1.54) is 12.5 Å². The first-order chi connectivity index (χ1) is 13.9. The molecule has 0 radical (unpaired) electrons. The summed E-state index contributed by atoms with van der Waals surface area (Å²) in [6.45, 7) is 5.69. The van der Waals surface area contributed by atoms with Gasteiger partial charge in [0.25, 0.3) is 0 Å². The molecule has 1 amide bonds. The van der Waals surface area contributed by atoms with Crippen molar-refractivity contribution in [3.05, 3.63) is 60.2 Å². The SMILES string of the molecule is CC(=O)C(CCCN=C(C)N)NC(=O)C(C)Cc1ccc(-c2ccccc2)cc1. The van der Waals surface area contributed by atoms with E-state index >= 15 is 0 Å². The Morgan fingerprint density at radius 1 is 1.00 bits per heavy atom. The molecule has 5 nitrogen and oxygen atoms in total. The molecule has 0 aliphatic carbocycles. The largest absolute Gasteiger partial charge is 0.388 e. The fraction of sp³-hybridized carbons (Fsp3) is 0.375. The van der Waals surface area contributed by atoms with Gasteiger partial charge < -0.3 is 11.1 Å². The van der Waals surface area contributed by atoms with Crippen LogP contribution >= 0.6 is 0 Å². The Kier molecular flexibility index (Phi) is 8.59. The number of Topliss-reactive ketones (excluding diaryl/α,β-unsaturated/α-hetero) is 1. The number of benzene rings is 2. The second-order valence-electron chi connectivity index (χ2n) is 7.51. The van der Waals surface area contributed by atoms with Crippen molar-refractivity contribution in [1.29, 1.82) is 0 Å². The van der Waals surface area contributed by atoms with Gasteiger partial charge in [-0.1, -0.05) is 61.5 Å². The van der Waals surface area contributed by atoms with Crippen molar-refractivity contribution < 1.29 is 9.59 Å². The van der Waals surface area contributed by atoms with E-state index in [-0.39, 0.29) is 17.6 Å². The van der Waals surface area contributed by atoms with Crippen molar-refractivity contribution in [2.24, 2.45) is 16.6 Å². The summed E-state index contributed by atoms with van der Waals surface area (Å²) in [5.41, 5.74) is 8.94. The highest BCUT2D eigenvalue weighted by Crippen LogP contribution is 2.20. The third kappa shape index (κ3) is 7.53. The smallest absolute Gasteiger partial charge is 0.223 e. The molecule has 154 valence electrons. The lowest BCUT2D eigenvalue weighted by Crippen LogP contribution is -2.42. The topological polar surface area (TPSA) is 84.6 Å². The van der Waals surface area contributed by atoms with Gasteiger partial charge in [-0.2, -0.15) is 0 Å². The van der Waals surface area contributed by atoms with Crippen LogP contribution in [0.4, 0.5) is 0 Å². The first kappa shape index (κ1) is 22.3. The number of hydrogen-bond acceptors (Lipinski definition) is 3. The first-order valence-corrected chi connectivity index (χ1v) is 10.1. The van der Waals surface area contributed by atoms with Gasteiger partial charge in [-0.05, 0) is 49.8 Å². The number of amidine groups is 1. The zero-order valence-electron chi connectivity index (χ0n) is 17.5. The summed E-state index contributed by atoms with van der Waals surface area (Å²) in [7, 11) is 0. The maximum atomic E-state index is 12.6. The average molecular weight is 394 g/mol. The fourth-order valence-electron chi connectivity index (χ4n) is 3.15. The van der Waals surface area contributed by atoms with E-state index in [0.29, 0.717) is 31.6 Å². The number of nitrogens with zero attached hydrogens (tertiary/aromatic N) is 1. The van der Waals surface area contributed by atoms with Gasteiger partial charge in [0.15, 0.2) is 5.78 Å². The van der Waals surface area contributed by atoms with Crippen molar-refractivity contribution in [3.63, 3.8) is 0 Å². The van der Waals surface area contributed by atoms with E-state index in [9.17, 15) is 9.59 Å². The Morgan fingerprint density at radius 3 is 2.21 bits per heavy atom. The van der Waals surface area contributed by atoms with E-state index in [0.717, 1.165) is 11.1 Å². The van der Waals surface area contributed by atoms with Crippen LogP contribution in [-0.4, -0.2) is 30.1 Å². The zero-order valence-corrected chi connectivity index (χ0v) is 17.5. The van der Waals surface area contributed by atoms with Crippen LogP contribution in [0.2, 0.25) is 0 Å². The van der Waals surface area contributed by atoms with Gasteiger partial charge in [0.2, 0.25) is 5.91 Å². The minimum atomic E-state index is -0.473. The molecule has 0 aliphatic heterocycles. The van der Waals surface area contributed by atoms with Gasteiger partial charge in [-0.3, -0.25) is 14.6 Å². The predicted molar refractivity (Wildman–Crippen MR) is 119 cm³/mol. The summed E-state index contributed by atoms with van der Waals surface area (Å²) >= 11 is 0. The highest BCUT2D eigenvalue weighted by molar-refractivity contribution is 5.88. The molecular formula is C24H31N3O2. The average Bonchev–Trinajstić information content (AvgIpc) is 2.71. The third-order valence-corrected chi connectivity index (χ3v) is 4.87. The third-order valence-electron chi connectivity index (χ3n) is 4.87. The van der Waals surface area contributed by atoms with Gasteiger partial charge in [0.1, 0.15) is 0 Å². The molecule has 0 aromatic heterocycles. The summed E-state index contributed by atoms with van der Waals surface area (Å²) in [6.07, 6.45) is 1.90. The maximum Gasteiger partial charge on any atom is 0.223 e. The van der Waals surface area contributed by atoms with E-state index in [4.69, 9.17) is 5.73 Å². The van der Waals surface area contributed by atoms with Crippen LogP contribution in [0.5, 0.6) is 0 Å². The molecule has 2 aromatic rings. The van der Waals surface area contributed by atoms with Crippen LogP contribution in [0, 0.1) is 5.92 Å². The fourth-order valence-corrected chi connectivity index (χ4v) is 3.15. The summed E-state index contributed by atoms with van der Waals surface area (Å²) in [4.78, 5) is 28.6. The lowest BCUT2D eigenvalue weighted by molar-refractivity contribution is -0.129. The molecule has 3 N–H and O–H groups in total. The van der Waals surface area contributed by atoms with Crippen molar-refractivity contribution in [3.8, 4) is 11.1 Å². The van der Waals surface area contributed by atoms with Crippen molar-refractivity contribution in [2.45, 2.75) is 46.1 Å². The van der Waals surface area contributed by atoms with E-state index in [1.807, 2.05) is 25.1 Å². The van der Waals surface area contributed by atoms with E-state index in [1.54, 1.807) is 6.92 Å². The number of nitrogens with two attached hydrogens (primary N) is 1. The molecule has 0 fully saturated rings. The van der Waals surface area contributed by atoms with Crippen LogP contribution < -0.4 is 11.1 Å². The molecular weight excluding hydrogens is 362 g/mol. The Balaban J connectivity index is 1.89. The van der Waals surface area contributed by atoms with E-state index < -0.39 is 6.04 Å². The number of amides is 1. The Hall–Kier alpha value is -2.95. The molecule has 29 heavy (non-hydrogen) atoms. The summed E-state index contributed by atoms with van der Waals surface area (Å²) < 4.78 is 0. The van der Waals surface area contributed by atoms with Crippen LogP contribution in [0.1, 0.15) is 39.2 Å². The number of nitrogens with one attached hydrogen (secondary N) is 1. The summed E-state index contributed by atoms with van der Waals surface area (Å²) in [6, 6.07) is 18.0. The minimum absolute atomic E-state index is 0.0359. The van der Waals surface area contributed by atoms with Gasteiger partial charge in [0.05, 0.1) is 11.9 Å². The number of rotatable bonds is 10. The summed E-state index contributed by atoms with van der Waals surface area (Å²) in [5.74, 6) is 0.172. The standard InChI is InChI=1S/C24H31N3O2/c1-17(24(29)27-23(18(2)28)10-7-15-26-19(3)25)16-20-11-13-22(14-12-20)21-8-5-4-6-9-21/h4-6,8-9,11-14,17,23H,7,10,15-16H2,1-3H3,(H2,25,26)(H,27,29). The van der Waals surface area contributed by atoms with Gasteiger partial charge in [0, 0.05) is 12.5 Å². The number of hydrogen-bond donors (Lipinski definition) is 2. The molecule has 0 spiro atoms. The maximum absolute atomic E-state index is 12.6. The quantitative estimate of drug-likeness (QED) is 0.366. The number of carbonyl (C=O) groups excluding carboxylic acids is 2. The lowest BCUT2D eigenvalue weighted by Gasteiger charge is -2.19. The van der Waals surface area contributed by atoms with Crippen LogP contribution in [0.25, 0.3) is 11.1 Å².